The van der Waals surface area contributed by atoms with E-state index in [4.69, 9.17) is 4.74 Å². The molecule has 0 saturated carbocycles. The molecule has 6 heteroatoms. The van der Waals surface area contributed by atoms with Crippen LogP contribution in [0.25, 0.3) is 22.0 Å². The summed E-state index contributed by atoms with van der Waals surface area (Å²) in [4.78, 5) is 33.2. The lowest BCUT2D eigenvalue weighted by Gasteiger charge is -2.41. The molecule has 1 aromatic heterocycles. The number of ether oxygens (including phenoxy) is 1. The average molecular weight is 510 g/mol. The highest BCUT2D eigenvalue weighted by molar-refractivity contribution is 6.13. The molecular formula is C32H35N3O3. The molecule has 0 radical (unpaired) electrons. The molecule has 3 aromatic carbocycles. The van der Waals surface area contributed by atoms with Crippen molar-refractivity contribution in [2.75, 3.05) is 0 Å². The van der Waals surface area contributed by atoms with Gasteiger partial charge in [-0.15, -0.1) is 0 Å². The zero-order chi connectivity index (χ0) is 27.2. The van der Waals surface area contributed by atoms with Crippen molar-refractivity contribution in [3.05, 3.63) is 89.6 Å². The molecule has 2 N–H and O–H groups in total. The maximum atomic E-state index is 14.3. The maximum absolute atomic E-state index is 14.3. The molecule has 4 aromatic rings. The molecule has 0 bridgehead atoms. The Labute approximate surface area is 224 Å². The lowest BCUT2D eigenvalue weighted by molar-refractivity contribution is -0.129. The Kier molecular flexibility index (Phi) is 6.30. The Morgan fingerprint density at radius 1 is 0.947 bits per heavy atom. The van der Waals surface area contributed by atoms with Crippen molar-refractivity contribution in [3.8, 4) is 16.9 Å². The number of benzene rings is 3. The number of aromatic nitrogens is 1. The third kappa shape index (κ3) is 4.78. The maximum Gasteiger partial charge on any atom is 0.272 e. The van der Waals surface area contributed by atoms with Crippen molar-refractivity contribution < 1.29 is 14.3 Å². The first-order valence-electron chi connectivity index (χ1n) is 13.0. The van der Waals surface area contributed by atoms with Crippen LogP contribution < -0.4 is 10.1 Å². The summed E-state index contributed by atoms with van der Waals surface area (Å²) >= 11 is 0. The van der Waals surface area contributed by atoms with Gasteiger partial charge in [0.15, 0.2) is 0 Å². The van der Waals surface area contributed by atoms with E-state index in [0.29, 0.717) is 18.1 Å². The Bertz CT molecular complexity index is 1510. The molecule has 196 valence electrons. The van der Waals surface area contributed by atoms with Crippen LogP contribution in [-0.2, 0) is 11.4 Å². The van der Waals surface area contributed by atoms with E-state index in [9.17, 15) is 9.59 Å². The largest absolute Gasteiger partial charge is 0.489 e. The van der Waals surface area contributed by atoms with E-state index >= 15 is 0 Å². The normalized spacial score (nSPS) is 15.6. The highest BCUT2D eigenvalue weighted by atomic mass is 16.5. The lowest BCUT2D eigenvalue weighted by atomic mass is 9.91. The number of rotatable bonds is 4. The summed E-state index contributed by atoms with van der Waals surface area (Å²) in [6.45, 7) is 12.2. The first kappa shape index (κ1) is 25.6. The predicted octanol–water partition coefficient (Wildman–Crippen LogP) is 6.62. The molecule has 0 spiro atoms. The molecule has 2 heterocycles. The van der Waals surface area contributed by atoms with Crippen molar-refractivity contribution in [1.29, 1.82) is 0 Å². The second kappa shape index (κ2) is 9.35. The van der Waals surface area contributed by atoms with Gasteiger partial charge in [0, 0.05) is 27.5 Å². The van der Waals surface area contributed by atoms with Crippen LogP contribution in [0.5, 0.6) is 5.75 Å². The standard InChI is InChI=1S/C32H35N3O3/c1-31(2,3)34-29(36)28-23-15-11-10-14-22(23)26-24-18-21(38-19-20-12-8-7-9-13-20)16-17-25(24)33-27(26)30(37)35(28)32(4,5)6/h7-18,28,33H,19H2,1-6H3,(H,34,36). The molecule has 38 heavy (non-hydrogen) atoms. The molecule has 1 aliphatic rings. The smallest absolute Gasteiger partial charge is 0.272 e. The summed E-state index contributed by atoms with van der Waals surface area (Å²) in [5.74, 6) is 0.308. The molecule has 1 unspecified atom stereocenters. The Morgan fingerprint density at radius 3 is 2.32 bits per heavy atom. The van der Waals surface area contributed by atoms with Crippen LogP contribution in [0.15, 0.2) is 72.8 Å². The summed E-state index contributed by atoms with van der Waals surface area (Å²) in [5.41, 5.74) is 3.80. The quantitative estimate of drug-likeness (QED) is 0.324. The molecule has 0 fully saturated rings. The highest BCUT2D eigenvalue weighted by Crippen LogP contribution is 2.45. The van der Waals surface area contributed by atoms with E-state index in [-0.39, 0.29) is 11.8 Å². The Hall–Kier alpha value is -4.06. The lowest BCUT2D eigenvalue weighted by Crippen LogP contribution is -2.54. The third-order valence-electron chi connectivity index (χ3n) is 6.70. The molecule has 6 nitrogen and oxygen atoms in total. The second-order valence-electron chi connectivity index (χ2n) is 11.9. The van der Waals surface area contributed by atoms with E-state index < -0.39 is 17.1 Å². The number of nitrogens with one attached hydrogen (secondary N) is 2. The summed E-state index contributed by atoms with van der Waals surface area (Å²) in [6, 6.07) is 22.9. The van der Waals surface area contributed by atoms with Gasteiger partial charge in [-0.1, -0.05) is 54.6 Å². The van der Waals surface area contributed by atoms with E-state index in [0.717, 1.165) is 33.2 Å². The van der Waals surface area contributed by atoms with Gasteiger partial charge < -0.3 is 19.9 Å². The monoisotopic (exact) mass is 509 g/mol. The number of hydrogen-bond donors (Lipinski definition) is 2. The summed E-state index contributed by atoms with van der Waals surface area (Å²) < 4.78 is 6.12. The van der Waals surface area contributed by atoms with E-state index in [2.05, 4.69) is 10.3 Å². The minimum absolute atomic E-state index is 0.199. The van der Waals surface area contributed by atoms with Gasteiger partial charge in [-0.2, -0.15) is 0 Å². The van der Waals surface area contributed by atoms with Crippen LogP contribution in [0, 0.1) is 0 Å². The fourth-order valence-electron chi connectivity index (χ4n) is 5.17. The number of carbonyl (C=O) groups is 2. The molecule has 0 aliphatic carbocycles. The van der Waals surface area contributed by atoms with Crippen molar-refractivity contribution >= 4 is 22.7 Å². The number of fused-ring (bicyclic) bond motifs is 5. The SMILES string of the molecule is CC(C)(C)NC(=O)C1c2ccccc2-c2c([nH]c3ccc(OCc4ccccc4)cc23)C(=O)N1C(C)(C)C. The fourth-order valence-corrected chi connectivity index (χ4v) is 5.17. The molecule has 5 rings (SSSR count). The van der Waals surface area contributed by atoms with Crippen LogP contribution in [-0.4, -0.2) is 32.8 Å². The number of carbonyl (C=O) groups excluding carboxylic acids is 2. The van der Waals surface area contributed by atoms with Crippen molar-refractivity contribution in [2.45, 2.75) is 65.3 Å². The third-order valence-corrected chi connectivity index (χ3v) is 6.70. The number of aromatic amines is 1. The van der Waals surface area contributed by atoms with Gasteiger partial charge >= 0.3 is 0 Å². The van der Waals surface area contributed by atoms with Gasteiger partial charge in [-0.05, 0) is 76.4 Å². The zero-order valence-electron chi connectivity index (χ0n) is 22.9. The molecular weight excluding hydrogens is 474 g/mol. The number of H-pyrrole nitrogens is 1. The Balaban J connectivity index is 1.68. The number of amides is 2. The van der Waals surface area contributed by atoms with Crippen molar-refractivity contribution in [1.82, 2.24) is 15.2 Å². The number of nitrogens with zero attached hydrogens (tertiary/aromatic N) is 1. The molecule has 1 atom stereocenters. The first-order chi connectivity index (χ1) is 17.9. The summed E-state index contributed by atoms with van der Waals surface area (Å²) in [7, 11) is 0. The van der Waals surface area contributed by atoms with E-state index in [1.165, 1.54) is 0 Å². The summed E-state index contributed by atoms with van der Waals surface area (Å²) in [5, 5.41) is 4.00. The summed E-state index contributed by atoms with van der Waals surface area (Å²) in [6.07, 6.45) is 0. The van der Waals surface area contributed by atoms with E-state index in [1.54, 1.807) is 4.90 Å². The van der Waals surface area contributed by atoms with Crippen LogP contribution in [0.4, 0.5) is 0 Å². The van der Waals surface area contributed by atoms with Gasteiger partial charge in [0.05, 0.1) is 0 Å². The fraction of sp³-hybridized carbons (Fsp3) is 0.312. The van der Waals surface area contributed by atoms with Crippen molar-refractivity contribution in [3.63, 3.8) is 0 Å². The van der Waals surface area contributed by atoms with Crippen LogP contribution in [0.1, 0.15) is 69.2 Å². The van der Waals surface area contributed by atoms with Gasteiger partial charge in [-0.3, -0.25) is 9.59 Å². The second-order valence-corrected chi connectivity index (χ2v) is 11.9. The van der Waals surface area contributed by atoms with Crippen LogP contribution in [0.2, 0.25) is 0 Å². The Morgan fingerprint density at radius 2 is 1.63 bits per heavy atom. The van der Waals surface area contributed by atoms with E-state index in [1.807, 2.05) is 114 Å². The number of hydrogen-bond acceptors (Lipinski definition) is 3. The molecule has 2 amide bonds. The van der Waals surface area contributed by atoms with Crippen LogP contribution >= 0.6 is 0 Å². The van der Waals surface area contributed by atoms with Crippen molar-refractivity contribution in [2.24, 2.45) is 0 Å². The van der Waals surface area contributed by atoms with Gasteiger partial charge in [0.2, 0.25) is 5.91 Å². The molecule has 0 saturated heterocycles. The average Bonchev–Trinajstić information content (AvgIpc) is 3.18. The minimum Gasteiger partial charge on any atom is -0.489 e. The topological polar surface area (TPSA) is 74.4 Å². The first-order valence-corrected chi connectivity index (χ1v) is 13.0. The van der Waals surface area contributed by atoms with Crippen LogP contribution in [0.3, 0.4) is 0 Å². The predicted molar refractivity (Wildman–Crippen MR) is 151 cm³/mol. The minimum atomic E-state index is -0.786. The van der Waals surface area contributed by atoms with Gasteiger partial charge in [-0.25, -0.2) is 0 Å². The molecule has 1 aliphatic heterocycles. The van der Waals surface area contributed by atoms with Gasteiger partial charge in [0.1, 0.15) is 24.1 Å². The zero-order valence-corrected chi connectivity index (χ0v) is 22.9. The van der Waals surface area contributed by atoms with Gasteiger partial charge in [0.25, 0.3) is 5.91 Å². The highest BCUT2D eigenvalue weighted by Gasteiger charge is 2.44.